The van der Waals surface area contributed by atoms with E-state index in [0.717, 1.165) is 77.4 Å². The highest BCUT2D eigenvalue weighted by Gasteiger charge is 2.25. The van der Waals surface area contributed by atoms with E-state index in [4.69, 9.17) is 9.15 Å². The average molecular weight is 831 g/mol. The van der Waals surface area contributed by atoms with Gasteiger partial charge in [-0.25, -0.2) is 0 Å². The highest BCUT2D eigenvalue weighted by Crippen LogP contribution is 2.52. The van der Waals surface area contributed by atoms with Gasteiger partial charge in [-0.3, -0.25) is 0 Å². The molecule has 0 fully saturated rings. The predicted molar refractivity (Wildman–Crippen MR) is 262 cm³/mol. The molecule has 0 spiro atoms. The lowest BCUT2D eigenvalue weighted by Crippen LogP contribution is -2.11. The maximum atomic E-state index is 6.85. The summed E-state index contributed by atoms with van der Waals surface area (Å²) in [7, 11) is 0. The molecule has 0 radical (unpaired) electrons. The Morgan fingerprint density at radius 3 is 1.97 bits per heavy atom. The molecule has 0 atom stereocenters. The van der Waals surface area contributed by atoms with E-state index in [1.165, 1.54) is 41.7 Å². The molecule has 2 aromatic heterocycles. The Balaban J connectivity index is 0.914. The van der Waals surface area contributed by atoms with Crippen molar-refractivity contribution < 1.29 is 9.15 Å². The van der Waals surface area contributed by atoms with Crippen LogP contribution in [0.3, 0.4) is 0 Å². The molecule has 10 aromatic carbocycles. The Hall–Kier alpha value is -7.51. The van der Waals surface area contributed by atoms with E-state index in [-0.39, 0.29) is 0 Å². The first-order valence-electron chi connectivity index (χ1n) is 20.7. The van der Waals surface area contributed by atoms with Gasteiger partial charge < -0.3 is 19.0 Å². The first-order valence-corrected chi connectivity index (χ1v) is 22.4. The number of furan rings is 1. The van der Waals surface area contributed by atoms with Gasteiger partial charge in [0.2, 0.25) is 0 Å². The minimum atomic E-state index is 0.816. The summed E-state index contributed by atoms with van der Waals surface area (Å²) in [5.41, 5.74) is 7.96. The highest BCUT2D eigenvalue weighted by atomic mass is 32.2. The molecular weight excluding hydrogens is 797 g/mol. The van der Waals surface area contributed by atoms with Gasteiger partial charge in [-0.1, -0.05) is 121 Å². The Morgan fingerprint density at radius 1 is 0.371 bits per heavy atom. The maximum absolute atomic E-state index is 6.85. The fourth-order valence-electron chi connectivity index (χ4n) is 9.19. The molecule has 292 valence electrons. The number of rotatable bonds is 6. The fourth-order valence-corrected chi connectivity index (χ4v) is 11.2. The van der Waals surface area contributed by atoms with Crippen LogP contribution in [0.5, 0.6) is 11.5 Å². The molecule has 12 aromatic rings. The van der Waals surface area contributed by atoms with Gasteiger partial charge >= 0.3 is 0 Å². The Labute approximate surface area is 365 Å². The highest BCUT2D eigenvalue weighted by molar-refractivity contribution is 7.99. The van der Waals surface area contributed by atoms with Crippen molar-refractivity contribution in [1.82, 2.24) is 0 Å². The number of hydrogen-bond donors (Lipinski definition) is 0. The van der Waals surface area contributed by atoms with Crippen molar-refractivity contribution in [2.45, 2.75) is 9.79 Å². The molecule has 6 heteroatoms. The lowest BCUT2D eigenvalue weighted by molar-refractivity contribution is 0.455. The van der Waals surface area contributed by atoms with Crippen molar-refractivity contribution in [3.63, 3.8) is 0 Å². The SMILES string of the molecule is c1ccc(N(c2ccc3c(c2)Sc2ccc(N(c4ccc5ccccc5c4)c4cccc5c4oc4ccc6ccccc6c45)cc2O3)c2ccc3sc4ccccc4c3c2)cc1. The molecule has 62 heavy (non-hydrogen) atoms. The average Bonchev–Trinajstić information content (AvgIpc) is 3.90. The smallest absolute Gasteiger partial charge is 0.159 e. The van der Waals surface area contributed by atoms with Crippen LogP contribution in [0.15, 0.2) is 220 Å². The van der Waals surface area contributed by atoms with E-state index in [2.05, 4.69) is 216 Å². The minimum Gasteiger partial charge on any atom is -0.455 e. The third-order valence-corrected chi connectivity index (χ3v) is 14.3. The van der Waals surface area contributed by atoms with Crippen LogP contribution in [-0.2, 0) is 0 Å². The van der Waals surface area contributed by atoms with Crippen LogP contribution in [0.2, 0.25) is 0 Å². The molecule has 0 saturated carbocycles. The monoisotopic (exact) mass is 830 g/mol. The van der Waals surface area contributed by atoms with Gasteiger partial charge in [0, 0.05) is 59.8 Å². The van der Waals surface area contributed by atoms with E-state index in [9.17, 15) is 0 Å². The summed E-state index contributed by atoms with van der Waals surface area (Å²) in [5.74, 6) is 1.65. The summed E-state index contributed by atoms with van der Waals surface area (Å²) >= 11 is 3.59. The minimum absolute atomic E-state index is 0.816. The largest absolute Gasteiger partial charge is 0.455 e. The normalized spacial score (nSPS) is 12.3. The molecule has 1 aliphatic heterocycles. The molecule has 13 rings (SSSR count). The van der Waals surface area contributed by atoms with Gasteiger partial charge in [0.15, 0.2) is 5.58 Å². The van der Waals surface area contributed by atoms with E-state index >= 15 is 0 Å². The number of fused-ring (bicyclic) bond motifs is 11. The Morgan fingerprint density at radius 2 is 1.05 bits per heavy atom. The van der Waals surface area contributed by atoms with E-state index in [1.807, 2.05) is 11.3 Å². The summed E-state index contributed by atoms with van der Waals surface area (Å²) in [6.07, 6.45) is 0. The number of benzene rings is 10. The number of ether oxygens (including phenoxy) is 1. The number of hydrogen-bond acceptors (Lipinski definition) is 6. The molecule has 0 bridgehead atoms. The van der Waals surface area contributed by atoms with E-state index in [0.29, 0.717) is 0 Å². The molecule has 3 heterocycles. The van der Waals surface area contributed by atoms with Gasteiger partial charge in [-0.15, -0.1) is 11.3 Å². The summed E-state index contributed by atoms with van der Waals surface area (Å²) in [6.45, 7) is 0. The fraction of sp³-hybridized carbons (Fsp3) is 0. The van der Waals surface area contributed by atoms with Crippen LogP contribution >= 0.6 is 23.1 Å². The molecule has 0 N–H and O–H groups in total. The van der Waals surface area contributed by atoms with Crippen LogP contribution in [0.25, 0.3) is 63.7 Å². The molecule has 0 saturated heterocycles. The standard InChI is InChI=1S/C56H34N2O2S2/c1-2-14-38(15-3-1)57(40-25-29-52-46(32-40)44-17-8-9-20-51(44)61-52)42-24-28-48-54(34-42)62-53-30-26-41(33-50(53)59-48)58(39-23-21-35-11-4-5-13-37(35)31-39)47-19-10-18-45-55-43-16-7-6-12-36(43)22-27-49(55)60-56(45)47/h1-34H. The lowest BCUT2D eigenvalue weighted by atomic mass is 10.0. The summed E-state index contributed by atoms with van der Waals surface area (Å²) in [4.78, 5) is 6.77. The first-order chi connectivity index (χ1) is 30.7. The quantitative estimate of drug-likeness (QED) is 0.166. The molecule has 0 amide bonds. The second kappa shape index (κ2) is 14.0. The van der Waals surface area contributed by atoms with Crippen molar-refractivity contribution in [2.24, 2.45) is 0 Å². The van der Waals surface area contributed by atoms with Gasteiger partial charge in [0.25, 0.3) is 0 Å². The second-order valence-electron chi connectivity index (χ2n) is 15.7. The predicted octanol–water partition coefficient (Wildman–Crippen LogP) is 17.5. The zero-order valence-corrected chi connectivity index (χ0v) is 34.8. The topological polar surface area (TPSA) is 28.9 Å². The molecule has 0 aliphatic carbocycles. The zero-order chi connectivity index (χ0) is 40.7. The molecule has 4 nitrogen and oxygen atoms in total. The Bertz CT molecular complexity index is 3740. The third kappa shape index (κ3) is 5.68. The molecular formula is C56H34N2O2S2. The van der Waals surface area contributed by atoms with Gasteiger partial charge in [0.1, 0.15) is 17.1 Å². The van der Waals surface area contributed by atoms with E-state index < -0.39 is 0 Å². The third-order valence-electron chi connectivity index (χ3n) is 12.0. The number of thiophene rings is 1. The summed E-state index contributed by atoms with van der Waals surface area (Å²) in [6, 6.07) is 73.6. The molecule has 0 unspecified atom stereocenters. The summed E-state index contributed by atoms with van der Waals surface area (Å²) < 4.78 is 16.2. The lowest BCUT2D eigenvalue weighted by Gasteiger charge is -2.29. The van der Waals surface area contributed by atoms with Crippen molar-refractivity contribution in [3.8, 4) is 11.5 Å². The van der Waals surface area contributed by atoms with Crippen LogP contribution in [0.1, 0.15) is 0 Å². The number of para-hydroxylation sites is 2. The van der Waals surface area contributed by atoms with Crippen LogP contribution in [0.4, 0.5) is 34.1 Å². The van der Waals surface area contributed by atoms with Crippen molar-refractivity contribution in [3.05, 3.63) is 206 Å². The van der Waals surface area contributed by atoms with Crippen LogP contribution in [0, 0.1) is 0 Å². The Kier molecular flexibility index (Phi) is 7.98. The van der Waals surface area contributed by atoms with Crippen molar-refractivity contribution in [2.75, 3.05) is 9.80 Å². The van der Waals surface area contributed by atoms with E-state index in [1.54, 1.807) is 11.8 Å². The van der Waals surface area contributed by atoms with Crippen molar-refractivity contribution in [1.29, 1.82) is 0 Å². The van der Waals surface area contributed by atoms with Crippen LogP contribution in [-0.4, -0.2) is 0 Å². The van der Waals surface area contributed by atoms with Gasteiger partial charge in [0.05, 0.1) is 21.2 Å². The maximum Gasteiger partial charge on any atom is 0.159 e. The molecule has 1 aliphatic rings. The van der Waals surface area contributed by atoms with Gasteiger partial charge in [-0.2, -0.15) is 0 Å². The zero-order valence-electron chi connectivity index (χ0n) is 33.2. The van der Waals surface area contributed by atoms with Gasteiger partial charge in [-0.05, 0) is 113 Å². The number of nitrogens with zero attached hydrogens (tertiary/aromatic N) is 2. The van der Waals surface area contributed by atoms with Crippen molar-refractivity contribution >= 4 is 121 Å². The first kappa shape index (κ1) is 35.3. The number of anilines is 6. The van der Waals surface area contributed by atoms with Crippen LogP contribution < -0.4 is 14.5 Å². The second-order valence-corrected chi connectivity index (χ2v) is 17.9. The summed E-state index contributed by atoms with van der Waals surface area (Å²) in [5, 5.41) is 9.51.